The smallest absolute Gasteiger partial charge is 0.349 e. The fourth-order valence-corrected chi connectivity index (χ4v) is 6.37. The quantitative estimate of drug-likeness (QED) is 0.125. The van der Waals surface area contributed by atoms with Gasteiger partial charge in [-0.1, -0.05) is 83.9 Å². The number of methoxy groups -OCH3 is 2. The number of nitrogens with zero attached hydrogens (tertiary/aromatic N) is 2. The third kappa shape index (κ3) is 10.4. The van der Waals surface area contributed by atoms with Crippen molar-refractivity contribution in [3.8, 4) is 23.0 Å². The third-order valence-electron chi connectivity index (χ3n) is 8.60. The molecule has 0 amide bonds. The molecule has 4 aromatic carbocycles. The van der Waals surface area contributed by atoms with E-state index in [0.29, 0.717) is 46.1 Å². The zero-order valence-electron chi connectivity index (χ0n) is 29.7. The maximum Gasteiger partial charge on any atom is 0.349 e. The topological polar surface area (TPSA) is 114 Å². The van der Waals surface area contributed by atoms with Crippen LogP contribution in [-0.4, -0.2) is 87.9 Å². The Balaban J connectivity index is 1.06. The number of carbonyl (C=O) groups is 2. The summed E-state index contributed by atoms with van der Waals surface area (Å²) in [5, 5.41) is 3.92. The summed E-state index contributed by atoms with van der Waals surface area (Å²) in [5.74, 6) is 0.379. The summed E-state index contributed by atoms with van der Waals surface area (Å²) in [7, 11) is 3.09. The molecule has 54 heavy (non-hydrogen) atoms. The van der Waals surface area contributed by atoms with Crippen LogP contribution in [0.4, 0.5) is 0 Å². The largest absolute Gasteiger partial charge is 0.493 e. The van der Waals surface area contributed by atoms with Gasteiger partial charge in [0.15, 0.2) is 35.2 Å². The number of rotatable bonds is 14. The summed E-state index contributed by atoms with van der Waals surface area (Å²) >= 11 is 12.5. The minimum Gasteiger partial charge on any atom is -0.493 e. The van der Waals surface area contributed by atoms with Crippen molar-refractivity contribution in [2.45, 2.75) is 24.4 Å². The van der Waals surface area contributed by atoms with Crippen molar-refractivity contribution < 1.29 is 47.7 Å². The molecule has 0 aromatic heterocycles. The lowest BCUT2D eigenvalue weighted by molar-refractivity contribution is -0.220. The zero-order valence-corrected chi connectivity index (χ0v) is 31.2. The second kappa shape index (κ2) is 19.0. The minimum atomic E-state index is -0.755. The van der Waals surface area contributed by atoms with Crippen molar-refractivity contribution in [2.75, 3.05) is 53.6 Å². The lowest BCUT2D eigenvalue weighted by Gasteiger charge is -2.36. The van der Waals surface area contributed by atoms with Crippen LogP contribution in [0.25, 0.3) is 0 Å². The van der Waals surface area contributed by atoms with E-state index in [1.54, 1.807) is 50.6 Å². The molecular formula is C40H40Cl2N2O10. The molecule has 2 aliphatic heterocycles. The number of morpholine rings is 2. The number of halogens is 2. The van der Waals surface area contributed by atoms with E-state index in [2.05, 4.69) is 0 Å². The molecule has 2 heterocycles. The molecule has 0 aliphatic carbocycles. The summed E-state index contributed by atoms with van der Waals surface area (Å²) < 4.78 is 36.1. The summed E-state index contributed by atoms with van der Waals surface area (Å²) in [6.45, 7) is 1.52. The van der Waals surface area contributed by atoms with Crippen LogP contribution in [-0.2, 0) is 28.7 Å². The number of hydrogen-bond acceptors (Lipinski definition) is 12. The fraction of sp³-hybridized carbons (Fsp3) is 0.300. The molecule has 2 unspecified atom stereocenters. The molecule has 0 N–H and O–H groups in total. The van der Waals surface area contributed by atoms with Crippen LogP contribution < -0.4 is 18.9 Å². The lowest BCUT2D eigenvalue weighted by atomic mass is 10.0. The summed E-state index contributed by atoms with van der Waals surface area (Å²) in [6, 6.07) is 29.3. The molecule has 284 valence electrons. The van der Waals surface area contributed by atoms with Crippen molar-refractivity contribution in [3.05, 3.63) is 130 Å². The molecule has 2 saturated heterocycles. The first-order valence-corrected chi connectivity index (χ1v) is 18.0. The van der Waals surface area contributed by atoms with Crippen molar-refractivity contribution in [1.29, 1.82) is 0 Å². The van der Waals surface area contributed by atoms with E-state index in [9.17, 15) is 9.59 Å². The average Bonchev–Trinajstić information content (AvgIpc) is 3.19. The van der Waals surface area contributed by atoms with Gasteiger partial charge in [0, 0.05) is 34.3 Å². The van der Waals surface area contributed by atoms with E-state index in [1.807, 2.05) is 60.7 Å². The van der Waals surface area contributed by atoms with Crippen molar-refractivity contribution in [1.82, 2.24) is 10.1 Å². The first-order chi connectivity index (χ1) is 26.3. The van der Waals surface area contributed by atoms with E-state index in [4.69, 9.17) is 61.3 Å². The second-order valence-electron chi connectivity index (χ2n) is 12.2. The van der Waals surface area contributed by atoms with Crippen molar-refractivity contribution in [3.63, 3.8) is 0 Å². The van der Waals surface area contributed by atoms with Crippen LogP contribution in [0.3, 0.4) is 0 Å². The average molecular weight is 780 g/mol. The maximum atomic E-state index is 12.9. The van der Waals surface area contributed by atoms with Crippen molar-refractivity contribution in [2.24, 2.45) is 0 Å². The van der Waals surface area contributed by atoms with Gasteiger partial charge in [-0.15, -0.1) is 10.1 Å². The highest BCUT2D eigenvalue weighted by atomic mass is 35.5. The van der Waals surface area contributed by atoms with Crippen LogP contribution in [0.15, 0.2) is 109 Å². The van der Waals surface area contributed by atoms with E-state index in [-0.39, 0.29) is 26.3 Å². The van der Waals surface area contributed by atoms with E-state index in [1.165, 1.54) is 10.1 Å². The molecule has 2 fully saturated rings. The standard InChI is InChI=1S/C40H40Cl2N2O10/c1-47-31-15-13-29(41)23-33(31)51-39(27-9-5-3-6-10-27)35-25-43(19-21-49-35)53-37(45)17-18-38(46)54-44-20-22-50-36(26-44)40(28-11-7-4-8-12-28)52-34-24-30(42)14-16-32(34)48-2/h3-18,23-24,35-36,39-40H,19-22,25-26H2,1-2H3/b18-17+/t35-,36-,39?,40?/m0/s1. The minimum absolute atomic E-state index is 0.188. The van der Waals surface area contributed by atoms with Crippen LogP contribution in [0.1, 0.15) is 23.3 Å². The van der Waals surface area contributed by atoms with Gasteiger partial charge in [-0.05, 0) is 35.4 Å². The number of ether oxygens (including phenoxy) is 6. The highest BCUT2D eigenvalue weighted by molar-refractivity contribution is 6.31. The van der Waals surface area contributed by atoms with Gasteiger partial charge in [0.05, 0.1) is 53.6 Å². The highest BCUT2D eigenvalue weighted by Gasteiger charge is 2.35. The molecule has 0 saturated carbocycles. The lowest BCUT2D eigenvalue weighted by Crippen LogP contribution is -2.47. The van der Waals surface area contributed by atoms with Gasteiger partial charge in [0.25, 0.3) is 0 Å². The fourth-order valence-electron chi connectivity index (χ4n) is 6.05. The Bertz CT molecular complexity index is 1750. The monoisotopic (exact) mass is 778 g/mol. The van der Waals surface area contributed by atoms with Crippen LogP contribution >= 0.6 is 23.2 Å². The Labute approximate surface area is 323 Å². The maximum absolute atomic E-state index is 12.9. The Kier molecular flexibility index (Phi) is 13.7. The number of hydrogen-bond donors (Lipinski definition) is 0. The van der Waals surface area contributed by atoms with Crippen LogP contribution in [0.5, 0.6) is 23.0 Å². The summed E-state index contributed by atoms with van der Waals surface area (Å²) in [6.07, 6.45) is -0.221. The predicted octanol–water partition coefficient (Wildman–Crippen LogP) is 6.83. The van der Waals surface area contributed by atoms with Crippen LogP contribution in [0.2, 0.25) is 10.0 Å². The van der Waals surface area contributed by atoms with Gasteiger partial charge < -0.3 is 38.1 Å². The van der Waals surface area contributed by atoms with E-state index < -0.39 is 36.4 Å². The summed E-state index contributed by atoms with van der Waals surface area (Å²) in [5.41, 5.74) is 1.69. The van der Waals surface area contributed by atoms with Gasteiger partial charge in [-0.25, -0.2) is 9.59 Å². The first-order valence-electron chi connectivity index (χ1n) is 17.2. The van der Waals surface area contributed by atoms with E-state index in [0.717, 1.165) is 23.3 Å². The van der Waals surface area contributed by atoms with Gasteiger partial charge in [0.1, 0.15) is 12.2 Å². The SMILES string of the molecule is COc1ccc(Cl)cc1OC(c1ccccc1)[C@@H]1CN(OC(=O)/C=C/C(=O)ON2CCO[C@H](C(Oc3cc(Cl)ccc3OC)c3ccccc3)C2)CCO1. The third-order valence-corrected chi connectivity index (χ3v) is 9.07. The highest BCUT2D eigenvalue weighted by Crippen LogP contribution is 2.37. The Morgan fingerprint density at radius 1 is 0.630 bits per heavy atom. The molecule has 6 rings (SSSR count). The van der Waals surface area contributed by atoms with Crippen LogP contribution in [0, 0.1) is 0 Å². The Hall–Kier alpha value is -4.82. The molecule has 0 radical (unpaired) electrons. The number of benzene rings is 4. The molecule has 12 nitrogen and oxygen atoms in total. The molecule has 0 bridgehead atoms. The second-order valence-corrected chi connectivity index (χ2v) is 13.1. The van der Waals surface area contributed by atoms with Crippen molar-refractivity contribution >= 4 is 35.1 Å². The number of hydroxylamine groups is 4. The molecule has 4 atom stereocenters. The van der Waals surface area contributed by atoms with E-state index >= 15 is 0 Å². The molecular weight excluding hydrogens is 739 g/mol. The van der Waals surface area contributed by atoms with Gasteiger partial charge in [0.2, 0.25) is 0 Å². The Morgan fingerprint density at radius 2 is 1.04 bits per heavy atom. The molecule has 4 aromatic rings. The normalized spacial score (nSPS) is 19.0. The van der Waals surface area contributed by atoms with Gasteiger partial charge >= 0.3 is 11.9 Å². The predicted molar refractivity (Wildman–Crippen MR) is 200 cm³/mol. The molecule has 2 aliphatic rings. The summed E-state index contributed by atoms with van der Waals surface area (Å²) in [4.78, 5) is 37.0. The van der Waals surface area contributed by atoms with Gasteiger partial charge in [-0.3, -0.25) is 0 Å². The zero-order chi connectivity index (χ0) is 37.9. The first kappa shape index (κ1) is 38.9. The number of carbonyl (C=O) groups excluding carboxylic acids is 2. The molecule has 0 spiro atoms. The van der Waals surface area contributed by atoms with Gasteiger partial charge in [-0.2, -0.15) is 0 Å². The molecule has 14 heteroatoms. The Morgan fingerprint density at radius 3 is 1.43 bits per heavy atom.